The third kappa shape index (κ3) is 1.45. The van der Waals surface area contributed by atoms with Gasteiger partial charge in [-0.2, -0.15) is 5.26 Å². The van der Waals surface area contributed by atoms with E-state index in [1.165, 1.54) is 13.2 Å². The number of hydrogen-bond acceptors (Lipinski definition) is 3. The van der Waals surface area contributed by atoms with Crippen molar-refractivity contribution in [2.75, 3.05) is 7.05 Å². The average Bonchev–Trinajstić information content (AvgIpc) is 1.84. The first-order valence-electron chi connectivity index (χ1n) is 1.83. The van der Waals surface area contributed by atoms with Gasteiger partial charge in [0.2, 0.25) is 12.2 Å². The Morgan fingerprint density at radius 3 is 2.62 bits per heavy atom. The molecule has 0 atom stereocenters. The minimum atomic E-state index is -0.215. The van der Waals surface area contributed by atoms with E-state index in [9.17, 15) is 0 Å². The number of hydroxylamine groups is 2. The van der Waals surface area contributed by atoms with Gasteiger partial charge in [-0.15, -0.1) is 5.06 Å². The van der Waals surface area contributed by atoms with Crippen molar-refractivity contribution in [3.63, 3.8) is 0 Å². The molecule has 0 aliphatic heterocycles. The van der Waals surface area contributed by atoms with E-state index in [0.717, 1.165) is 0 Å². The lowest BCUT2D eigenvalue weighted by Gasteiger charge is -2.00. The number of hydrogen-bond donors (Lipinski definition) is 2. The molecule has 0 heterocycles. The Kier molecular flexibility index (Phi) is 2.37. The van der Waals surface area contributed by atoms with Crippen molar-refractivity contribution in [2.45, 2.75) is 0 Å². The summed E-state index contributed by atoms with van der Waals surface area (Å²) in [7, 11) is 1.37. The first kappa shape index (κ1) is 6.72. The zero-order valence-electron chi connectivity index (χ0n) is 4.37. The van der Waals surface area contributed by atoms with Crippen LogP contribution in [0, 0.1) is 11.5 Å². The van der Waals surface area contributed by atoms with Crippen LogP contribution in [0.4, 0.5) is 0 Å². The van der Waals surface area contributed by atoms with Crippen molar-refractivity contribution < 1.29 is 5.21 Å². The van der Waals surface area contributed by atoms with Gasteiger partial charge in [0, 0.05) is 7.05 Å². The Labute approximate surface area is 46.6 Å². The average molecular weight is 114 g/mol. The number of aliphatic imine (C=N–C) groups is 1. The van der Waals surface area contributed by atoms with E-state index in [2.05, 4.69) is 4.99 Å². The highest BCUT2D eigenvalue weighted by Crippen LogP contribution is 1.72. The van der Waals surface area contributed by atoms with Crippen molar-refractivity contribution in [3.8, 4) is 6.19 Å². The molecule has 0 aromatic carbocycles. The summed E-state index contributed by atoms with van der Waals surface area (Å²) in [6, 6.07) is 0. The lowest BCUT2D eigenvalue weighted by Crippen LogP contribution is -2.30. The van der Waals surface area contributed by atoms with Crippen LogP contribution in [0.3, 0.4) is 0 Å². The maximum atomic E-state index is 8.34. The van der Waals surface area contributed by atoms with Crippen LogP contribution in [-0.4, -0.2) is 23.3 Å². The molecule has 0 aliphatic rings. The van der Waals surface area contributed by atoms with E-state index >= 15 is 0 Å². The van der Waals surface area contributed by atoms with E-state index in [0.29, 0.717) is 0 Å². The molecular weight excluding hydrogens is 108 g/mol. The Morgan fingerprint density at radius 2 is 2.50 bits per heavy atom. The largest absolute Gasteiger partial charge is 0.367 e. The van der Waals surface area contributed by atoms with Gasteiger partial charge in [0.15, 0.2) is 0 Å². The minimum Gasteiger partial charge on any atom is -0.367 e. The maximum absolute atomic E-state index is 8.34. The number of rotatable bonds is 0. The van der Waals surface area contributed by atoms with E-state index < -0.39 is 0 Å². The second-order valence-electron chi connectivity index (χ2n) is 0.994. The van der Waals surface area contributed by atoms with Gasteiger partial charge >= 0.3 is 0 Å². The molecule has 5 heteroatoms. The molecule has 0 aromatic heterocycles. The first-order valence-corrected chi connectivity index (χ1v) is 1.83. The molecule has 0 spiro atoms. The standard InChI is InChI=1S/C3H6N4O/c1-6-3(5)7(8)2-4/h8H,1H3,(H2,5,6). The smallest absolute Gasteiger partial charge is 0.230 e. The molecule has 0 fully saturated rings. The van der Waals surface area contributed by atoms with Gasteiger partial charge < -0.3 is 5.73 Å². The van der Waals surface area contributed by atoms with E-state index in [1.807, 2.05) is 0 Å². The number of nitriles is 1. The SMILES string of the molecule is CN=C(N)N(O)C#N. The van der Waals surface area contributed by atoms with Gasteiger partial charge in [0.25, 0.3) is 0 Å². The predicted molar refractivity (Wildman–Crippen MR) is 26.8 cm³/mol. The summed E-state index contributed by atoms with van der Waals surface area (Å²) in [5.41, 5.74) is 4.93. The van der Waals surface area contributed by atoms with Crippen molar-refractivity contribution in [2.24, 2.45) is 10.7 Å². The first-order chi connectivity index (χ1) is 3.72. The predicted octanol–water partition coefficient (Wildman–Crippen LogP) is -0.897. The normalized spacial score (nSPS) is 10.4. The molecule has 0 unspecified atom stereocenters. The Bertz CT molecular complexity index is 135. The quantitative estimate of drug-likeness (QED) is 0.140. The molecule has 44 valence electrons. The molecule has 0 bridgehead atoms. The molecule has 0 radical (unpaired) electrons. The maximum Gasteiger partial charge on any atom is 0.230 e. The van der Waals surface area contributed by atoms with Gasteiger partial charge in [0.05, 0.1) is 0 Å². The van der Waals surface area contributed by atoms with Gasteiger partial charge in [-0.1, -0.05) is 0 Å². The fraction of sp³-hybridized carbons (Fsp3) is 0.333. The van der Waals surface area contributed by atoms with Crippen LogP contribution >= 0.6 is 0 Å². The molecule has 0 amide bonds. The highest BCUT2D eigenvalue weighted by molar-refractivity contribution is 5.77. The van der Waals surface area contributed by atoms with Crippen LogP contribution < -0.4 is 5.73 Å². The highest BCUT2D eigenvalue weighted by atomic mass is 16.5. The molecule has 0 aliphatic carbocycles. The van der Waals surface area contributed by atoms with E-state index in [4.69, 9.17) is 16.2 Å². The number of guanidine groups is 1. The Morgan fingerprint density at radius 1 is 2.00 bits per heavy atom. The van der Waals surface area contributed by atoms with Crippen LogP contribution in [0.1, 0.15) is 0 Å². The monoisotopic (exact) mass is 114 g/mol. The zero-order valence-corrected chi connectivity index (χ0v) is 4.37. The second kappa shape index (κ2) is 2.82. The number of nitrogens with zero attached hydrogens (tertiary/aromatic N) is 3. The summed E-state index contributed by atoms with van der Waals surface area (Å²) in [5, 5.41) is 16.4. The minimum absolute atomic E-state index is 0.181. The molecule has 8 heavy (non-hydrogen) atoms. The van der Waals surface area contributed by atoms with Crippen molar-refractivity contribution >= 4 is 5.96 Å². The van der Waals surface area contributed by atoms with Crippen LogP contribution in [0.15, 0.2) is 4.99 Å². The summed E-state index contributed by atoms with van der Waals surface area (Å²) >= 11 is 0. The van der Waals surface area contributed by atoms with Gasteiger partial charge in [-0.05, 0) is 0 Å². The summed E-state index contributed by atoms with van der Waals surface area (Å²) in [4.78, 5) is 3.31. The van der Waals surface area contributed by atoms with E-state index in [-0.39, 0.29) is 11.0 Å². The van der Waals surface area contributed by atoms with Gasteiger partial charge in [0.1, 0.15) is 0 Å². The second-order valence-corrected chi connectivity index (χ2v) is 0.994. The van der Waals surface area contributed by atoms with Gasteiger partial charge in [-0.25, -0.2) is 0 Å². The molecule has 3 N–H and O–H groups in total. The molecule has 5 nitrogen and oxygen atoms in total. The topological polar surface area (TPSA) is 85.6 Å². The molecule has 0 saturated carbocycles. The van der Waals surface area contributed by atoms with Crippen LogP contribution in [0.5, 0.6) is 0 Å². The van der Waals surface area contributed by atoms with Crippen molar-refractivity contribution in [3.05, 3.63) is 0 Å². The Balaban J connectivity index is 3.87. The van der Waals surface area contributed by atoms with Crippen LogP contribution in [0.2, 0.25) is 0 Å². The Hall–Kier alpha value is -1.28. The van der Waals surface area contributed by atoms with Crippen LogP contribution in [0.25, 0.3) is 0 Å². The fourth-order valence-corrected chi connectivity index (χ4v) is 0.146. The lowest BCUT2D eigenvalue weighted by molar-refractivity contribution is 0.0458. The third-order valence-corrected chi connectivity index (χ3v) is 0.541. The number of nitrogens with two attached hydrogens (primary N) is 1. The van der Waals surface area contributed by atoms with Gasteiger partial charge in [-0.3, -0.25) is 10.2 Å². The van der Waals surface area contributed by atoms with Crippen LogP contribution in [-0.2, 0) is 0 Å². The molecule has 0 aromatic rings. The van der Waals surface area contributed by atoms with Crippen molar-refractivity contribution in [1.82, 2.24) is 5.06 Å². The summed E-state index contributed by atoms with van der Waals surface area (Å²) in [6.07, 6.45) is 1.35. The fourth-order valence-electron chi connectivity index (χ4n) is 0.146. The summed E-state index contributed by atoms with van der Waals surface area (Å²) in [5.74, 6) is -0.215. The molecular formula is C3H6N4O. The third-order valence-electron chi connectivity index (χ3n) is 0.541. The zero-order chi connectivity index (χ0) is 6.57. The molecule has 0 rings (SSSR count). The molecule has 0 saturated heterocycles. The lowest BCUT2D eigenvalue weighted by atomic mass is 10.9. The summed E-state index contributed by atoms with van der Waals surface area (Å²) < 4.78 is 0. The van der Waals surface area contributed by atoms with Crippen molar-refractivity contribution in [1.29, 1.82) is 5.26 Å². The summed E-state index contributed by atoms with van der Waals surface area (Å²) in [6.45, 7) is 0. The highest BCUT2D eigenvalue weighted by Gasteiger charge is 1.96. The van der Waals surface area contributed by atoms with E-state index in [1.54, 1.807) is 0 Å².